The van der Waals surface area contributed by atoms with E-state index >= 15 is 0 Å². The first-order valence-corrected chi connectivity index (χ1v) is 6.07. The van der Waals surface area contributed by atoms with Crippen LogP contribution in [0.4, 0.5) is 5.69 Å². The Morgan fingerprint density at radius 2 is 2.00 bits per heavy atom. The lowest BCUT2D eigenvalue weighted by molar-refractivity contribution is 0.0794. The van der Waals surface area contributed by atoms with Gasteiger partial charge in [-0.2, -0.15) is 0 Å². The molecule has 1 aromatic rings. The highest BCUT2D eigenvalue weighted by molar-refractivity contribution is 5.97. The second-order valence-electron chi connectivity index (χ2n) is 5.17. The third-order valence-corrected chi connectivity index (χ3v) is 2.88. The number of rotatable bonds is 4. The number of nitrogen functional groups attached to an aromatic ring is 1. The van der Waals surface area contributed by atoms with Crippen molar-refractivity contribution in [1.29, 1.82) is 0 Å². The van der Waals surface area contributed by atoms with E-state index in [1.54, 1.807) is 32.3 Å². The maximum atomic E-state index is 12.1. The van der Waals surface area contributed by atoms with Crippen molar-refractivity contribution in [3.8, 4) is 5.75 Å². The number of anilines is 1. The molecule has 1 aromatic carbocycles. The smallest absolute Gasteiger partial charge is 0.257 e. The monoisotopic (exact) mass is 250 g/mol. The summed E-state index contributed by atoms with van der Waals surface area (Å²) in [7, 11) is 3.43. The highest BCUT2D eigenvalue weighted by Crippen LogP contribution is 2.28. The molecule has 0 spiro atoms. The zero-order valence-corrected chi connectivity index (χ0v) is 11.8. The first-order chi connectivity index (χ1) is 8.26. The minimum absolute atomic E-state index is 0.0862. The van der Waals surface area contributed by atoms with E-state index < -0.39 is 0 Å². The molecule has 0 heterocycles. The predicted molar refractivity (Wildman–Crippen MR) is 73.9 cm³/mol. The summed E-state index contributed by atoms with van der Waals surface area (Å²) >= 11 is 0. The van der Waals surface area contributed by atoms with Gasteiger partial charge in [0.05, 0.1) is 5.56 Å². The molecule has 0 atom stereocenters. The van der Waals surface area contributed by atoms with Crippen molar-refractivity contribution in [2.75, 3.05) is 19.8 Å². The zero-order chi connectivity index (χ0) is 13.9. The topological polar surface area (TPSA) is 55.6 Å². The third-order valence-electron chi connectivity index (χ3n) is 2.88. The fourth-order valence-corrected chi connectivity index (χ4v) is 1.41. The summed E-state index contributed by atoms with van der Waals surface area (Å²) in [4.78, 5) is 13.6. The average Bonchev–Trinajstić information content (AvgIpc) is 2.28. The Bertz CT molecular complexity index is 439. The van der Waals surface area contributed by atoms with Crippen molar-refractivity contribution in [1.82, 2.24) is 4.90 Å². The molecule has 0 aliphatic carbocycles. The summed E-state index contributed by atoms with van der Waals surface area (Å²) in [5.41, 5.74) is 6.56. The molecule has 4 heteroatoms. The van der Waals surface area contributed by atoms with Crippen LogP contribution in [-0.2, 0) is 0 Å². The second-order valence-corrected chi connectivity index (χ2v) is 5.17. The quantitative estimate of drug-likeness (QED) is 0.835. The van der Waals surface area contributed by atoms with Gasteiger partial charge in [-0.05, 0) is 32.4 Å². The highest BCUT2D eigenvalue weighted by Gasteiger charge is 2.22. The van der Waals surface area contributed by atoms with Gasteiger partial charge in [0.25, 0.3) is 5.91 Å². The van der Waals surface area contributed by atoms with E-state index in [0.717, 1.165) is 6.42 Å². The van der Waals surface area contributed by atoms with E-state index in [0.29, 0.717) is 17.0 Å². The van der Waals surface area contributed by atoms with Gasteiger partial charge in [-0.1, -0.05) is 6.92 Å². The van der Waals surface area contributed by atoms with Crippen LogP contribution in [0.2, 0.25) is 0 Å². The molecule has 0 aliphatic rings. The van der Waals surface area contributed by atoms with Crippen molar-refractivity contribution < 1.29 is 9.53 Å². The summed E-state index contributed by atoms with van der Waals surface area (Å²) in [6, 6.07) is 5.12. The van der Waals surface area contributed by atoms with Crippen LogP contribution >= 0.6 is 0 Å². The van der Waals surface area contributed by atoms with Crippen molar-refractivity contribution >= 4 is 11.6 Å². The van der Waals surface area contributed by atoms with E-state index in [9.17, 15) is 4.79 Å². The molecule has 0 aromatic heterocycles. The molecule has 100 valence electrons. The van der Waals surface area contributed by atoms with Crippen LogP contribution < -0.4 is 10.5 Å². The van der Waals surface area contributed by atoms with E-state index in [1.165, 1.54) is 4.90 Å². The fourth-order valence-electron chi connectivity index (χ4n) is 1.41. The van der Waals surface area contributed by atoms with Crippen LogP contribution in [0.1, 0.15) is 37.6 Å². The van der Waals surface area contributed by atoms with Gasteiger partial charge in [0.2, 0.25) is 0 Å². The lowest BCUT2D eigenvalue weighted by Crippen LogP contribution is -2.29. The number of benzene rings is 1. The van der Waals surface area contributed by atoms with Gasteiger partial charge in [0.1, 0.15) is 11.4 Å². The predicted octanol–water partition coefficient (Wildman–Crippen LogP) is 2.54. The van der Waals surface area contributed by atoms with Crippen LogP contribution in [0, 0.1) is 0 Å². The normalized spacial score (nSPS) is 11.2. The summed E-state index contributed by atoms with van der Waals surface area (Å²) in [6.07, 6.45) is 0.845. The van der Waals surface area contributed by atoms with E-state index in [2.05, 4.69) is 0 Å². The molecule has 0 fully saturated rings. The summed E-state index contributed by atoms with van der Waals surface area (Å²) in [5.74, 6) is 0.456. The van der Waals surface area contributed by atoms with Gasteiger partial charge in [-0.3, -0.25) is 4.79 Å². The number of amides is 1. The van der Waals surface area contributed by atoms with Gasteiger partial charge >= 0.3 is 0 Å². The summed E-state index contributed by atoms with van der Waals surface area (Å²) in [5, 5.41) is 0. The second kappa shape index (κ2) is 5.29. The molecule has 18 heavy (non-hydrogen) atoms. The van der Waals surface area contributed by atoms with Crippen LogP contribution in [0.3, 0.4) is 0 Å². The minimum atomic E-state index is -0.324. The largest absolute Gasteiger partial charge is 0.487 e. The molecular weight excluding hydrogens is 228 g/mol. The minimum Gasteiger partial charge on any atom is -0.487 e. The molecule has 0 unspecified atom stereocenters. The van der Waals surface area contributed by atoms with E-state index in [-0.39, 0.29) is 11.5 Å². The van der Waals surface area contributed by atoms with E-state index in [1.807, 2.05) is 20.8 Å². The van der Waals surface area contributed by atoms with Crippen molar-refractivity contribution in [3.63, 3.8) is 0 Å². The van der Waals surface area contributed by atoms with Crippen LogP contribution in [0.15, 0.2) is 18.2 Å². The Labute approximate surface area is 109 Å². The van der Waals surface area contributed by atoms with Crippen LogP contribution in [0.25, 0.3) is 0 Å². The molecule has 0 bridgehead atoms. The van der Waals surface area contributed by atoms with Crippen molar-refractivity contribution in [2.45, 2.75) is 32.8 Å². The molecule has 0 aliphatic heterocycles. The van der Waals surface area contributed by atoms with E-state index in [4.69, 9.17) is 10.5 Å². The van der Waals surface area contributed by atoms with Gasteiger partial charge in [0, 0.05) is 25.8 Å². The number of carbonyl (C=O) groups excluding carboxylic acids is 1. The maximum Gasteiger partial charge on any atom is 0.257 e. The number of nitrogens with zero attached hydrogens (tertiary/aromatic N) is 1. The van der Waals surface area contributed by atoms with Gasteiger partial charge in [-0.25, -0.2) is 0 Å². The highest BCUT2D eigenvalue weighted by atomic mass is 16.5. The van der Waals surface area contributed by atoms with Crippen LogP contribution in [-0.4, -0.2) is 30.5 Å². The Morgan fingerprint density at radius 3 is 2.50 bits per heavy atom. The molecule has 2 N–H and O–H groups in total. The molecule has 1 amide bonds. The number of hydrogen-bond acceptors (Lipinski definition) is 3. The Hall–Kier alpha value is -1.71. The SMILES string of the molecule is CCC(C)(C)Oc1cc(N)ccc1C(=O)N(C)C. The first-order valence-electron chi connectivity index (χ1n) is 6.07. The first kappa shape index (κ1) is 14.4. The summed E-state index contributed by atoms with van der Waals surface area (Å²) < 4.78 is 5.91. The summed E-state index contributed by atoms with van der Waals surface area (Å²) in [6.45, 7) is 6.01. The number of carbonyl (C=O) groups is 1. The van der Waals surface area contributed by atoms with Gasteiger partial charge < -0.3 is 15.4 Å². The Kier molecular flexibility index (Phi) is 4.22. The molecule has 0 saturated carbocycles. The molecule has 4 nitrogen and oxygen atoms in total. The van der Waals surface area contributed by atoms with Gasteiger partial charge in [-0.15, -0.1) is 0 Å². The number of ether oxygens (including phenoxy) is 1. The Morgan fingerprint density at radius 1 is 1.39 bits per heavy atom. The number of hydrogen-bond donors (Lipinski definition) is 1. The maximum absolute atomic E-state index is 12.1. The van der Waals surface area contributed by atoms with Crippen molar-refractivity contribution in [2.24, 2.45) is 0 Å². The number of nitrogens with two attached hydrogens (primary N) is 1. The fraction of sp³-hybridized carbons (Fsp3) is 0.500. The zero-order valence-electron chi connectivity index (χ0n) is 11.8. The molecule has 0 saturated heterocycles. The lowest BCUT2D eigenvalue weighted by Gasteiger charge is -2.26. The van der Waals surface area contributed by atoms with Gasteiger partial charge in [0.15, 0.2) is 0 Å². The van der Waals surface area contributed by atoms with Crippen LogP contribution in [0.5, 0.6) is 5.75 Å². The standard InChI is InChI=1S/C14H22N2O2/c1-6-14(2,3)18-12-9-10(15)7-8-11(12)13(17)16(4)5/h7-9H,6,15H2,1-5H3. The lowest BCUT2D eigenvalue weighted by atomic mass is 10.1. The molecule has 1 rings (SSSR count). The van der Waals surface area contributed by atoms with Crippen molar-refractivity contribution in [3.05, 3.63) is 23.8 Å². The third kappa shape index (κ3) is 3.39. The average molecular weight is 250 g/mol. The molecular formula is C14H22N2O2. The molecule has 0 radical (unpaired) electrons. The Balaban J connectivity index is 3.16.